The average Bonchev–Trinajstić information content (AvgIpc) is 3.46. The second kappa shape index (κ2) is 7.42. The van der Waals surface area contributed by atoms with Gasteiger partial charge in [-0.05, 0) is 25.0 Å². The fourth-order valence-electron chi connectivity index (χ4n) is 3.23. The lowest BCUT2D eigenvalue weighted by Crippen LogP contribution is -2.42. The van der Waals surface area contributed by atoms with Gasteiger partial charge in [0.15, 0.2) is 0 Å². The molecule has 0 bridgehead atoms. The number of carbonyl (C=O) groups is 1. The number of hydrogen-bond donors (Lipinski definition) is 1. The first-order valence-corrected chi connectivity index (χ1v) is 10.9. The predicted octanol–water partition coefficient (Wildman–Crippen LogP) is 1.40. The lowest BCUT2D eigenvalue weighted by atomic mass is 10.1. The summed E-state index contributed by atoms with van der Waals surface area (Å²) in [5.74, 6) is 0.426. The van der Waals surface area contributed by atoms with Crippen LogP contribution in [-0.2, 0) is 17.1 Å². The van der Waals surface area contributed by atoms with Crippen molar-refractivity contribution in [3.8, 4) is 5.88 Å². The van der Waals surface area contributed by atoms with Crippen LogP contribution in [0.1, 0.15) is 36.2 Å². The number of ether oxygens (including phenoxy) is 1. The number of piperidine rings is 1. The van der Waals surface area contributed by atoms with E-state index in [-0.39, 0.29) is 17.3 Å². The van der Waals surface area contributed by atoms with Crippen molar-refractivity contribution in [1.82, 2.24) is 19.7 Å². The molecule has 0 aromatic carbocycles. The van der Waals surface area contributed by atoms with Gasteiger partial charge >= 0.3 is 0 Å². The first-order valence-electron chi connectivity index (χ1n) is 9.34. The van der Waals surface area contributed by atoms with Crippen LogP contribution in [0.3, 0.4) is 0 Å². The third-order valence-corrected chi connectivity index (χ3v) is 6.89. The van der Waals surface area contributed by atoms with E-state index in [2.05, 4.69) is 14.8 Å². The quantitative estimate of drug-likeness (QED) is 0.779. The van der Waals surface area contributed by atoms with Crippen LogP contribution in [0.25, 0.3) is 0 Å². The topological polar surface area (TPSA) is 106 Å². The number of amides is 1. The number of rotatable bonds is 6. The van der Waals surface area contributed by atoms with Gasteiger partial charge in [-0.25, -0.2) is 13.4 Å². The van der Waals surface area contributed by atoms with Crippen molar-refractivity contribution < 1.29 is 17.9 Å². The summed E-state index contributed by atoms with van der Waals surface area (Å²) in [7, 11) is -1.54. The molecule has 1 aliphatic carbocycles. The molecular formula is C18H23N5O4S. The van der Waals surface area contributed by atoms with Crippen molar-refractivity contribution in [1.29, 1.82) is 0 Å². The number of carbonyl (C=O) groups excluding carboxylic acids is 1. The Morgan fingerprint density at radius 2 is 1.93 bits per heavy atom. The molecule has 1 saturated carbocycles. The van der Waals surface area contributed by atoms with Gasteiger partial charge in [0.05, 0.1) is 17.1 Å². The van der Waals surface area contributed by atoms with Gasteiger partial charge in [0.2, 0.25) is 15.9 Å². The van der Waals surface area contributed by atoms with Gasteiger partial charge in [0.25, 0.3) is 5.91 Å². The number of likely N-dealkylation sites (tertiary alicyclic amines) is 1. The van der Waals surface area contributed by atoms with E-state index in [9.17, 15) is 13.2 Å². The van der Waals surface area contributed by atoms with E-state index in [0.717, 1.165) is 0 Å². The summed E-state index contributed by atoms with van der Waals surface area (Å²) >= 11 is 0. The Bertz CT molecular complexity index is 945. The van der Waals surface area contributed by atoms with Gasteiger partial charge < -0.3 is 9.64 Å². The van der Waals surface area contributed by atoms with Gasteiger partial charge in [-0.2, -0.15) is 5.10 Å². The first kappa shape index (κ1) is 18.7. The minimum atomic E-state index is -3.29. The molecule has 150 valence electrons. The molecule has 0 spiro atoms. The summed E-state index contributed by atoms with van der Waals surface area (Å²) in [5, 5.41) is 3.76. The Hall–Kier alpha value is -2.62. The number of anilines is 1. The maximum Gasteiger partial charge on any atom is 0.272 e. The molecule has 3 heterocycles. The number of sulfonamides is 1. The van der Waals surface area contributed by atoms with Crippen molar-refractivity contribution >= 4 is 21.6 Å². The summed E-state index contributed by atoms with van der Waals surface area (Å²) in [4.78, 5) is 18.5. The highest BCUT2D eigenvalue weighted by Crippen LogP contribution is 2.29. The minimum absolute atomic E-state index is 0.0242. The van der Waals surface area contributed by atoms with E-state index in [1.54, 1.807) is 41.0 Å². The van der Waals surface area contributed by atoms with Crippen LogP contribution in [-0.4, -0.2) is 58.4 Å². The minimum Gasteiger partial charge on any atom is -0.474 e. The molecule has 0 unspecified atom stereocenters. The summed E-state index contributed by atoms with van der Waals surface area (Å²) < 4.78 is 33.9. The van der Waals surface area contributed by atoms with Crippen LogP contribution in [0, 0.1) is 0 Å². The van der Waals surface area contributed by atoms with E-state index in [1.807, 2.05) is 0 Å². The molecule has 10 heteroatoms. The molecule has 0 radical (unpaired) electrons. The van der Waals surface area contributed by atoms with Gasteiger partial charge in [-0.1, -0.05) is 0 Å². The SMILES string of the molecule is Cn1nccc1C(=O)N1CCC(Oc2ccc(NS(=O)(=O)C3CC3)cn2)CC1. The summed E-state index contributed by atoms with van der Waals surface area (Å²) in [6, 6.07) is 5.04. The van der Waals surface area contributed by atoms with Crippen molar-refractivity contribution in [2.75, 3.05) is 17.8 Å². The lowest BCUT2D eigenvalue weighted by molar-refractivity contribution is 0.0578. The standard InChI is InChI=1S/C18H23N5O4S/c1-22-16(6-9-20-22)18(24)23-10-7-14(8-11-23)27-17-5-2-13(12-19-17)21-28(25,26)15-3-4-15/h2,5-6,9,12,14-15,21H,3-4,7-8,10-11H2,1H3. The number of aryl methyl sites for hydroxylation is 1. The number of nitrogens with zero attached hydrogens (tertiary/aromatic N) is 4. The normalized spacial score (nSPS) is 18.1. The van der Waals surface area contributed by atoms with Gasteiger partial charge in [0.1, 0.15) is 11.8 Å². The third kappa shape index (κ3) is 4.11. The second-order valence-electron chi connectivity index (χ2n) is 7.18. The van der Waals surface area contributed by atoms with E-state index >= 15 is 0 Å². The van der Waals surface area contributed by atoms with E-state index in [1.165, 1.54) is 6.20 Å². The molecule has 1 aliphatic heterocycles. The van der Waals surface area contributed by atoms with Gasteiger partial charge in [-0.15, -0.1) is 0 Å². The molecule has 1 N–H and O–H groups in total. The smallest absolute Gasteiger partial charge is 0.272 e. The highest BCUT2D eigenvalue weighted by atomic mass is 32.2. The number of pyridine rings is 1. The first-order chi connectivity index (χ1) is 13.4. The number of aromatic nitrogens is 3. The molecule has 1 amide bonds. The Morgan fingerprint density at radius 1 is 1.18 bits per heavy atom. The highest BCUT2D eigenvalue weighted by Gasteiger charge is 2.35. The zero-order chi connectivity index (χ0) is 19.7. The Labute approximate surface area is 163 Å². The highest BCUT2D eigenvalue weighted by molar-refractivity contribution is 7.93. The molecule has 2 aromatic rings. The predicted molar refractivity (Wildman–Crippen MR) is 103 cm³/mol. The Balaban J connectivity index is 1.29. The third-order valence-electron chi connectivity index (χ3n) is 5.02. The molecule has 2 fully saturated rings. The summed E-state index contributed by atoms with van der Waals surface area (Å²) in [5.41, 5.74) is 1.01. The maximum absolute atomic E-state index is 12.5. The monoisotopic (exact) mass is 405 g/mol. The van der Waals surface area contributed by atoms with Crippen molar-refractivity contribution in [2.45, 2.75) is 37.0 Å². The average molecular weight is 405 g/mol. The molecule has 28 heavy (non-hydrogen) atoms. The number of nitrogens with one attached hydrogen (secondary N) is 1. The fourth-order valence-corrected chi connectivity index (χ4v) is 4.60. The lowest BCUT2D eigenvalue weighted by Gasteiger charge is -2.31. The fraction of sp³-hybridized carbons (Fsp3) is 0.500. The molecular weight excluding hydrogens is 382 g/mol. The molecule has 4 rings (SSSR count). The molecule has 0 atom stereocenters. The van der Waals surface area contributed by atoms with Crippen LogP contribution >= 0.6 is 0 Å². The Morgan fingerprint density at radius 3 is 2.50 bits per heavy atom. The van der Waals surface area contributed by atoms with Crippen LogP contribution in [0.2, 0.25) is 0 Å². The second-order valence-corrected chi connectivity index (χ2v) is 9.14. The molecule has 2 aliphatic rings. The zero-order valence-electron chi connectivity index (χ0n) is 15.6. The van der Waals surface area contributed by atoms with E-state index < -0.39 is 10.0 Å². The molecule has 1 saturated heterocycles. The zero-order valence-corrected chi connectivity index (χ0v) is 16.4. The Kier molecular flexibility index (Phi) is 4.96. The van der Waals surface area contributed by atoms with Crippen LogP contribution < -0.4 is 9.46 Å². The summed E-state index contributed by atoms with van der Waals surface area (Å²) in [6.45, 7) is 1.21. The maximum atomic E-state index is 12.5. The van der Waals surface area contributed by atoms with Crippen molar-refractivity contribution in [3.05, 3.63) is 36.3 Å². The van der Waals surface area contributed by atoms with Crippen LogP contribution in [0.4, 0.5) is 5.69 Å². The van der Waals surface area contributed by atoms with Gasteiger partial charge in [0, 0.05) is 45.2 Å². The molecule has 2 aromatic heterocycles. The van der Waals surface area contributed by atoms with Crippen LogP contribution in [0.5, 0.6) is 5.88 Å². The van der Waals surface area contributed by atoms with Crippen molar-refractivity contribution in [2.24, 2.45) is 7.05 Å². The van der Waals surface area contributed by atoms with E-state index in [0.29, 0.717) is 56.0 Å². The van der Waals surface area contributed by atoms with Crippen molar-refractivity contribution in [3.63, 3.8) is 0 Å². The summed E-state index contributed by atoms with van der Waals surface area (Å²) in [6.07, 6.45) is 5.90. The van der Waals surface area contributed by atoms with Crippen LogP contribution in [0.15, 0.2) is 30.6 Å². The number of hydrogen-bond acceptors (Lipinski definition) is 6. The largest absolute Gasteiger partial charge is 0.474 e. The molecule has 9 nitrogen and oxygen atoms in total. The van der Waals surface area contributed by atoms with E-state index in [4.69, 9.17) is 4.74 Å². The van der Waals surface area contributed by atoms with Gasteiger partial charge in [-0.3, -0.25) is 14.2 Å².